The summed E-state index contributed by atoms with van der Waals surface area (Å²) in [6.07, 6.45) is 1.30. The van der Waals surface area contributed by atoms with E-state index in [1.807, 2.05) is 0 Å². The van der Waals surface area contributed by atoms with Gasteiger partial charge in [0.15, 0.2) is 11.6 Å². The minimum absolute atomic E-state index is 0.114. The van der Waals surface area contributed by atoms with Gasteiger partial charge in [0.1, 0.15) is 17.2 Å². The summed E-state index contributed by atoms with van der Waals surface area (Å²) in [6, 6.07) is 10.2. The van der Waals surface area contributed by atoms with Crippen LogP contribution in [0.4, 0.5) is 27.8 Å². The molecule has 0 aliphatic carbocycles. The summed E-state index contributed by atoms with van der Waals surface area (Å²) >= 11 is 0. The number of rotatable bonds is 4. The molecule has 27 heavy (non-hydrogen) atoms. The van der Waals surface area contributed by atoms with Crippen LogP contribution in [0.3, 0.4) is 0 Å². The van der Waals surface area contributed by atoms with Crippen LogP contribution in [-0.2, 0) is 0 Å². The van der Waals surface area contributed by atoms with Crippen molar-refractivity contribution >= 4 is 29.1 Å². The van der Waals surface area contributed by atoms with E-state index in [2.05, 4.69) is 32.5 Å². The van der Waals surface area contributed by atoms with Gasteiger partial charge in [0, 0.05) is 6.04 Å². The number of carbonyl (C=O) groups is 1. The lowest BCUT2D eigenvalue weighted by atomic mass is 10.1. The fourth-order valence-electron chi connectivity index (χ4n) is 2.75. The molecule has 1 aliphatic heterocycles. The minimum atomic E-state index is -0.499. The summed E-state index contributed by atoms with van der Waals surface area (Å²) in [5, 5.41) is 11.1. The number of carbonyl (C=O) groups excluding carboxylic acids is 1. The number of anilines is 2. The Kier molecular flexibility index (Phi) is 5.82. The first-order valence-electron chi connectivity index (χ1n) is 8.71. The molecule has 142 valence electrons. The molecule has 0 unspecified atom stereocenters. The first-order valence-corrected chi connectivity index (χ1v) is 8.71. The van der Waals surface area contributed by atoms with E-state index in [4.69, 9.17) is 16.2 Å². The molecule has 1 aromatic carbocycles. The van der Waals surface area contributed by atoms with Crippen molar-refractivity contribution in [1.29, 1.82) is 0 Å². The molecule has 2 heterocycles. The van der Waals surface area contributed by atoms with E-state index in [0.717, 1.165) is 25.9 Å². The number of hydrogen-bond acceptors (Lipinski definition) is 8. The van der Waals surface area contributed by atoms with Crippen LogP contribution < -0.4 is 21.5 Å². The van der Waals surface area contributed by atoms with Gasteiger partial charge in [0.05, 0.1) is 0 Å². The van der Waals surface area contributed by atoms with Crippen LogP contribution >= 0.6 is 0 Å². The molecule has 1 aliphatic rings. The second-order valence-corrected chi connectivity index (χ2v) is 6.42. The number of para-hydroxylation sites is 1. The highest BCUT2D eigenvalue weighted by Gasteiger charge is 2.19. The predicted octanol–water partition coefficient (Wildman–Crippen LogP) is 2.84. The Bertz CT molecular complexity index is 832. The van der Waals surface area contributed by atoms with Crippen LogP contribution in [0.15, 0.2) is 46.6 Å². The fraction of sp³-hybridized carbons (Fsp3) is 0.333. The Labute approximate surface area is 157 Å². The number of benzene rings is 1. The number of likely N-dealkylation sites (tertiary alicyclic amines) is 1. The zero-order chi connectivity index (χ0) is 19.2. The van der Waals surface area contributed by atoms with Gasteiger partial charge >= 0.3 is 6.09 Å². The number of hydrogen-bond donors (Lipinski definition) is 3. The van der Waals surface area contributed by atoms with Crippen LogP contribution in [0.5, 0.6) is 5.75 Å². The second kappa shape index (κ2) is 8.45. The van der Waals surface area contributed by atoms with Gasteiger partial charge in [-0.1, -0.05) is 12.1 Å². The maximum atomic E-state index is 12.2. The SMILES string of the molecule is CN1CCC(NC(=O)Oc2ccccc2N=Nc2ccc(N)nc2N)CC1. The molecule has 9 nitrogen and oxygen atoms in total. The molecule has 2 aromatic rings. The first kappa shape index (κ1) is 18.6. The average molecular weight is 369 g/mol. The third-order valence-electron chi connectivity index (χ3n) is 4.30. The Morgan fingerprint density at radius 1 is 1.15 bits per heavy atom. The van der Waals surface area contributed by atoms with Gasteiger partial charge in [-0.25, -0.2) is 9.78 Å². The normalized spacial score (nSPS) is 15.7. The van der Waals surface area contributed by atoms with E-state index < -0.39 is 6.09 Å². The highest BCUT2D eigenvalue weighted by atomic mass is 16.6. The number of amides is 1. The lowest BCUT2D eigenvalue weighted by Gasteiger charge is -2.29. The van der Waals surface area contributed by atoms with Gasteiger partial charge in [-0.2, -0.15) is 0 Å². The topological polar surface area (TPSA) is 131 Å². The maximum absolute atomic E-state index is 12.2. The molecular weight excluding hydrogens is 346 g/mol. The number of pyridine rings is 1. The van der Waals surface area contributed by atoms with E-state index in [-0.39, 0.29) is 11.9 Å². The summed E-state index contributed by atoms with van der Waals surface area (Å²) in [5.74, 6) is 0.798. The number of azo groups is 1. The third-order valence-corrected chi connectivity index (χ3v) is 4.30. The summed E-state index contributed by atoms with van der Waals surface area (Å²) in [4.78, 5) is 18.4. The Morgan fingerprint density at radius 2 is 1.85 bits per heavy atom. The summed E-state index contributed by atoms with van der Waals surface area (Å²) in [5.41, 5.74) is 12.1. The zero-order valence-electron chi connectivity index (χ0n) is 15.1. The van der Waals surface area contributed by atoms with Crippen molar-refractivity contribution in [2.75, 3.05) is 31.6 Å². The number of nitrogens with one attached hydrogen (secondary N) is 1. The molecule has 0 spiro atoms. The number of nitrogens with two attached hydrogens (primary N) is 2. The first-order chi connectivity index (χ1) is 13.0. The molecule has 1 amide bonds. The molecule has 0 radical (unpaired) electrons. The highest BCUT2D eigenvalue weighted by molar-refractivity contribution is 5.73. The van der Waals surface area contributed by atoms with Crippen LogP contribution in [0.1, 0.15) is 12.8 Å². The average Bonchev–Trinajstić information content (AvgIpc) is 2.64. The van der Waals surface area contributed by atoms with Crippen molar-refractivity contribution in [3.8, 4) is 5.75 Å². The summed E-state index contributed by atoms with van der Waals surface area (Å²) < 4.78 is 5.43. The van der Waals surface area contributed by atoms with Crippen molar-refractivity contribution in [1.82, 2.24) is 15.2 Å². The fourth-order valence-corrected chi connectivity index (χ4v) is 2.75. The summed E-state index contributed by atoms with van der Waals surface area (Å²) in [7, 11) is 2.07. The van der Waals surface area contributed by atoms with E-state index in [9.17, 15) is 4.79 Å². The van der Waals surface area contributed by atoms with E-state index >= 15 is 0 Å². The van der Waals surface area contributed by atoms with Crippen molar-refractivity contribution in [3.63, 3.8) is 0 Å². The Hall–Kier alpha value is -3.20. The third kappa shape index (κ3) is 5.14. The predicted molar refractivity (Wildman–Crippen MR) is 103 cm³/mol. The van der Waals surface area contributed by atoms with Gasteiger partial charge in [0.2, 0.25) is 0 Å². The zero-order valence-corrected chi connectivity index (χ0v) is 15.1. The van der Waals surface area contributed by atoms with Crippen LogP contribution in [-0.4, -0.2) is 42.2 Å². The van der Waals surface area contributed by atoms with Gasteiger partial charge in [-0.3, -0.25) is 0 Å². The van der Waals surface area contributed by atoms with Crippen LogP contribution in [0, 0.1) is 0 Å². The van der Waals surface area contributed by atoms with Crippen molar-refractivity contribution in [2.45, 2.75) is 18.9 Å². The molecule has 1 aromatic heterocycles. The van der Waals surface area contributed by atoms with Gasteiger partial charge < -0.3 is 26.4 Å². The van der Waals surface area contributed by atoms with Gasteiger partial charge in [-0.05, 0) is 57.2 Å². The second-order valence-electron chi connectivity index (χ2n) is 6.42. The molecule has 5 N–H and O–H groups in total. The lowest BCUT2D eigenvalue weighted by Crippen LogP contribution is -2.44. The lowest BCUT2D eigenvalue weighted by molar-refractivity contribution is 0.182. The van der Waals surface area contributed by atoms with E-state index in [1.54, 1.807) is 36.4 Å². The Morgan fingerprint density at radius 3 is 2.59 bits per heavy atom. The molecule has 3 rings (SSSR count). The number of ether oxygens (including phenoxy) is 1. The van der Waals surface area contributed by atoms with Crippen molar-refractivity contribution < 1.29 is 9.53 Å². The molecule has 0 saturated carbocycles. The molecule has 9 heteroatoms. The smallest absolute Gasteiger partial charge is 0.408 e. The molecule has 1 fully saturated rings. The largest absolute Gasteiger partial charge is 0.412 e. The molecule has 1 saturated heterocycles. The molecule has 0 bridgehead atoms. The van der Waals surface area contributed by atoms with Gasteiger partial charge in [0.25, 0.3) is 0 Å². The van der Waals surface area contributed by atoms with Crippen LogP contribution in [0.25, 0.3) is 0 Å². The maximum Gasteiger partial charge on any atom is 0.412 e. The number of nitrogens with zero attached hydrogens (tertiary/aromatic N) is 4. The molecular formula is C18H23N7O2. The standard InChI is InChI=1S/C18H23N7O2/c1-25-10-8-12(9-11-25)21-18(26)27-15-5-3-2-4-13(15)23-24-14-6-7-16(19)22-17(14)20/h2-7,12H,8-11H2,1H3,(H,21,26)(H4,19,20,22). The number of nitrogen functional groups attached to an aromatic ring is 2. The quantitative estimate of drug-likeness (QED) is 0.710. The van der Waals surface area contributed by atoms with Crippen LogP contribution in [0.2, 0.25) is 0 Å². The number of aromatic nitrogens is 1. The monoisotopic (exact) mass is 369 g/mol. The van der Waals surface area contributed by atoms with Gasteiger partial charge in [-0.15, -0.1) is 10.2 Å². The van der Waals surface area contributed by atoms with E-state index in [0.29, 0.717) is 22.9 Å². The van der Waals surface area contributed by atoms with Crippen molar-refractivity contribution in [2.24, 2.45) is 10.2 Å². The van der Waals surface area contributed by atoms with Crippen molar-refractivity contribution in [3.05, 3.63) is 36.4 Å². The highest BCUT2D eigenvalue weighted by Crippen LogP contribution is 2.30. The summed E-state index contributed by atoms with van der Waals surface area (Å²) in [6.45, 7) is 1.90. The van der Waals surface area contributed by atoms with E-state index in [1.165, 1.54) is 0 Å². The minimum Gasteiger partial charge on any atom is -0.408 e. The number of piperidine rings is 1. The Balaban J connectivity index is 1.66. The molecule has 0 atom stereocenters.